The summed E-state index contributed by atoms with van der Waals surface area (Å²) in [5, 5.41) is 0. The van der Waals surface area contributed by atoms with Crippen LogP contribution in [-0.2, 0) is 11.8 Å². The van der Waals surface area contributed by atoms with Gasteiger partial charge in [0, 0.05) is 0 Å². The van der Waals surface area contributed by atoms with E-state index in [9.17, 15) is 0 Å². The number of hydrogen-bond donors (Lipinski definition) is 0. The lowest BCUT2D eigenvalue weighted by Crippen LogP contribution is -1.91. The maximum Gasteiger partial charge on any atom is 0.626 e. The van der Waals surface area contributed by atoms with E-state index in [1.807, 2.05) is 62.4 Å². The van der Waals surface area contributed by atoms with Gasteiger partial charge in [-0.2, -0.15) is 0 Å². The lowest BCUT2D eigenvalue weighted by molar-refractivity contribution is 0.508. The van der Waals surface area contributed by atoms with Crippen LogP contribution in [0.5, 0.6) is 11.5 Å². The van der Waals surface area contributed by atoms with E-state index in [-0.39, 0.29) is 0 Å². The summed E-state index contributed by atoms with van der Waals surface area (Å²) in [5.41, 5.74) is 2.12. The highest BCUT2D eigenvalue weighted by molar-refractivity contribution is 8.01. The van der Waals surface area contributed by atoms with Gasteiger partial charge in [0.15, 0.2) is 11.5 Å². The Hall–Kier alpha value is -1.44. The van der Waals surface area contributed by atoms with E-state index in [2.05, 4.69) is 0 Å². The molecule has 0 fully saturated rings. The van der Waals surface area contributed by atoms with E-state index in [1.165, 1.54) is 0 Å². The predicted molar refractivity (Wildman–Crippen MR) is 77.9 cm³/mol. The minimum Gasteiger partial charge on any atom is -0.243 e. The van der Waals surface area contributed by atoms with Crippen LogP contribution in [0.25, 0.3) is 0 Å². The van der Waals surface area contributed by atoms with E-state index < -0.39 is 7.15 Å². The predicted octanol–water partition coefficient (Wildman–Crippen LogP) is 4.54. The average molecular weight is 277 g/mol. The fourth-order valence-corrected chi connectivity index (χ4v) is 2.75. The fourth-order valence-electron chi connectivity index (χ4n) is 1.50. The maximum atomic E-state index is 5.66. The molecule has 18 heavy (non-hydrogen) atoms. The molecule has 0 radical (unpaired) electrons. The van der Waals surface area contributed by atoms with Crippen molar-refractivity contribution in [3.63, 3.8) is 0 Å². The molecular weight excluding hydrogens is 263 g/mol. The Morgan fingerprint density at radius 2 is 1.17 bits per heavy atom. The Bertz CT molecular complexity index is 520. The van der Waals surface area contributed by atoms with Crippen LogP contribution in [-0.4, -0.2) is 0 Å². The molecule has 2 aromatic carbocycles. The molecule has 92 valence electrons. The highest BCUT2D eigenvalue weighted by atomic mass is 32.4. The van der Waals surface area contributed by atoms with Crippen LogP contribution in [0, 0.1) is 13.8 Å². The molecule has 2 aromatic rings. The molecule has 0 saturated heterocycles. The van der Waals surface area contributed by atoms with E-state index in [0.717, 1.165) is 22.6 Å². The van der Waals surface area contributed by atoms with Crippen LogP contribution in [0.3, 0.4) is 0 Å². The van der Waals surface area contributed by atoms with Crippen LogP contribution in [0.15, 0.2) is 48.5 Å². The van der Waals surface area contributed by atoms with Gasteiger partial charge < -0.3 is 0 Å². The molecule has 2 nitrogen and oxygen atoms in total. The zero-order chi connectivity index (χ0) is 13.0. The van der Waals surface area contributed by atoms with Gasteiger partial charge in [-0.05, 0) is 37.1 Å². The number of para-hydroxylation sites is 2. The van der Waals surface area contributed by atoms with Gasteiger partial charge in [0.05, 0.1) is 0 Å². The fraction of sp³-hybridized carbons (Fsp3) is 0.143. The summed E-state index contributed by atoms with van der Waals surface area (Å²) in [6.07, 6.45) is 0. The molecule has 0 heterocycles. The second-order valence-corrected chi connectivity index (χ2v) is 5.64. The minimum atomic E-state index is -1.38. The molecule has 0 saturated carbocycles. The van der Waals surface area contributed by atoms with Crippen molar-refractivity contribution in [1.29, 1.82) is 0 Å². The Labute approximate surface area is 113 Å². The van der Waals surface area contributed by atoms with E-state index in [0.29, 0.717) is 0 Å². The van der Waals surface area contributed by atoms with Crippen molar-refractivity contribution < 1.29 is 9.05 Å². The largest absolute Gasteiger partial charge is 0.626 e. The summed E-state index contributed by atoms with van der Waals surface area (Å²) in [4.78, 5) is 0. The number of benzene rings is 2. The Kier molecular flexibility index (Phi) is 4.29. The lowest BCUT2D eigenvalue weighted by atomic mass is 10.2. The van der Waals surface area contributed by atoms with E-state index in [4.69, 9.17) is 20.9 Å². The first-order valence-electron chi connectivity index (χ1n) is 5.61. The van der Waals surface area contributed by atoms with Crippen molar-refractivity contribution in [2.45, 2.75) is 13.8 Å². The number of hydrogen-bond acceptors (Lipinski definition) is 3. The molecule has 2 rings (SSSR count). The summed E-state index contributed by atoms with van der Waals surface area (Å²) < 4.78 is 11.3. The molecule has 0 aromatic heterocycles. The maximum absolute atomic E-state index is 5.66. The van der Waals surface area contributed by atoms with Crippen molar-refractivity contribution in [3.05, 3.63) is 59.7 Å². The first-order chi connectivity index (χ1) is 8.66. The third-order valence-corrected chi connectivity index (χ3v) is 3.67. The molecule has 0 atom stereocenters. The summed E-state index contributed by atoms with van der Waals surface area (Å²) in [6, 6.07) is 15.6. The summed E-state index contributed by atoms with van der Waals surface area (Å²) in [7, 11) is -1.38. The lowest BCUT2D eigenvalue weighted by Gasteiger charge is -2.01. The monoisotopic (exact) mass is 277 g/mol. The Morgan fingerprint density at radius 1 is 0.778 bits per heavy atom. The first-order valence-corrected chi connectivity index (χ1v) is 7.80. The molecule has 0 aliphatic heterocycles. The Balaban J connectivity index is 2.06. The average Bonchev–Trinajstić information content (AvgIpc) is 2.35. The van der Waals surface area contributed by atoms with Gasteiger partial charge in [-0.15, -0.1) is 0 Å². The third-order valence-electron chi connectivity index (χ3n) is 2.53. The number of rotatable bonds is 4. The molecule has 0 amide bonds. The zero-order valence-electron chi connectivity index (χ0n) is 10.3. The highest BCUT2D eigenvalue weighted by Gasteiger charge is 2.19. The van der Waals surface area contributed by atoms with Crippen LogP contribution in [0.4, 0.5) is 0 Å². The summed E-state index contributed by atoms with van der Waals surface area (Å²) >= 11 is 5.24. The van der Waals surface area contributed by atoms with E-state index >= 15 is 0 Å². The molecule has 0 spiro atoms. The van der Waals surface area contributed by atoms with Gasteiger partial charge in [0.2, 0.25) is 0 Å². The molecule has 0 bridgehead atoms. The summed E-state index contributed by atoms with van der Waals surface area (Å²) in [5.74, 6) is 1.57. The second kappa shape index (κ2) is 5.94. The van der Waals surface area contributed by atoms with Crippen LogP contribution >= 0.6 is 7.15 Å². The normalized spacial score (nSPS) is 9.89. The smallest absolute Gasteiger partial charge is 0.243 e. The van der Waals surface area contributed by atoms with Crippen molar-refractivity contribution >= 4 is 19.0 Å². The quantitative estimate of drug-likeness (QED) is 0.765. The number of aryl methyl sites for hydroxylation is 2. The third kappa shape index (κ3) is 3.28. The van der Waals surface area contributed by atoms with Gasteiger partial charge >= 0.3 is 7.15 Å². The van der Waals surface area contributed by atoms with Crippen molar-refractivity contribution in [3.8, 4) is 11.5 Å². The molecule has 0 N–H and O–H groups in total. The van der Waals surface area contributed by atoms with Gasteiger partial charge in [0.1, 0.15) is 0 Å². The standard InChI is InChI=1S/C14H14O2PS/c1-11-7-3-5-9-13(11)15-17(18)16-14-10-6-4-8-12(14)2/h3-10H,1-2H3/q+1. The molecule has 4 heteroatoms. The molecule has 0 aliphatic carbocycles. The first kappa shape index (κ1) is 13.0. The van der Waals surface area contributed by atoms with Gasteiger partial charge in [0.25, 0.3) is 11.8 Å². The van der Waals surface area contributed by atoms with Gasteiger partial charge in [-0.25, -0.2) is 9.05 Å². The van der Waals surface area contributed by atoms with Crippen molar-refractivity contribution in [2.75, 3.05) is 0 Å². The molecular formula is C14H14O2PS+. The zero-order valence-corrected chi connectivity index (χ0v) is 12.0. The molecule has 0 aliphatic rings. The molecule has 0 unspecified atom stereocenters. The Morgan fingerprint density at radius 3 is 1.56 bits per heavy atom. The van der Waals surface area contributed by atoms with E-state index in [1.54, 1.807) is 0 Å². The highest BCUT2D eigenvalue weighted by Crippen LogP contribution is 2.33. The SMILES string of the molecule is Cc1ccccc1O[P+](=S)Oc1ccccc1C. The topological polar surface area (TPSA) is 18.5 Å². The van der Waals surface area contributed by atoms with Crippen LogP contribution in [0.2, 0.25) is 0 Å². The van der Waals surface area contributed by atoms with Crippen molar-refractivity contribution in [1.82, 2.24) is 0 Å². The summed E-state index contributed by atoms with van der Waals surface area (Å²) in [6.45, 7) is 3.98. The van der Waals surface area contributed by atoms with Gasteiger partial charge in [-0.1, -0.05) is 36.4 Å². The van der Waals surface area contributed by atoms with Crippen LogP contribution in [0.1, 0.15) is 11.1 Å². The minimum absolute atomic E-state index is 0.784. The second-order valence-electron chi connectivity index (χ2n) is 3.94. The van der Waals surface area contributed by atoms with Crippen molar-refractivity contribution in [2.24, 2.45) is 0 Å². The van der Waals surface area contributed by atoms with Gasteiger partial charge in [-0.3, -0.25) is 0 Å². The van der Waals surface area contributed by atoms with Crippen LogP contribution < -0.4 is 9.05 Å².